The van der Waals surface area contributed by atoms with Gasteiger partial charge in [0, 0.05) is 12.2 Å². The Hall–Kier alpha value is -1.83. The van der Waals surface area contributed by atoms with Gasteiger partial charge in [-0.25, -0.2) is 4.39 Å². The largest absolute Gasteiger partial charge is 0.381 e. The van der Waals surface area contributed by atoms with Gasteiger partial charge in [0.15, 0.2) is 0 Å². The molecule has 0 spiro atoms. The monoisotopic (exact) mass is 257 g/mol. The Morgan fingerprint density at radius 2 is 1.58 bits per heavy atom. The number of hydrogen-bond acceptors (Lipinski definition) is 1. The highest BCUT2D eigenvalue weighted by Gasteiger charge is 2.02. The second-order valence-electron chi connectivity index (χ2n) is 4.68. The summed E-state index contributed by atoms with van der Waals surface area (Å²) in [5, 5.41) is 3.43. The molecule has 100 valence electrons. The first-order valence-electron chi connectivity index (χ1n) is 6.83. The first kappa shape index (κ1) is 13.6. The van der Waals surface area contributed by atoms with Gasteiger partial charge < -0.3 is 5.32 Å². The van der Waals surface area contributed by atoms with Crippen LogP contribution in [-0.2, 0) is 19.4 Å². The van der Waals surface area contributed by atoms with E-state index in [2.05, 4.69) is 37.4 Å². The molecule has 2 heteroatoms. The van der Waals surface area contributed by atoms with E-state index in [1.807, 2.05) is 12.1 Å². The van der Waals surface area contributed by atoms with Crippen molar-refractivity contribution < 1.29 is 4.39 Å². The van der Waals surface area contributed by atoms with E-state index in [0.717, 1.165) is 24.9 Å². The highest BCUT2D eigenvalue weighted by molar-refractivity contribution is 5.53. The number of anilines is 1. The lowest BCUT2D eigenvalue weighted by Crippen LogP contribution is -2.02. The maximum absolute atomic E-state index is 12.8. The summed E-state index contributed by atoms with van der Waals surface area (Å²) in [6, 6.07) is 13.2. The van der Waals surface area contributed by atoms with Gasteiger partial charge >= 0.3 is 0 Å². The van der Waals surface area contributed by atoms with Crippen LogP contribution < -0.4 is 5.32 Å². The molecule has 0 unspecified atom stereocenters. The summed E-state index contributed by atoms with van der Waals surface area (Å²) in [5.74, 6) is -0.190. The summed E-state index contributed by atoms with van der Waals surface area (Å²) >= 11 is 0. The summed E-state index contributed by atoms with van der Waals surface area (Å²) in [4.78, 5) is 0. The Morgan fingerprint density at radius 1 is 0.895 bits per heavy atom. The summed E-state index contributed by atoms with van der Waals surface area (Å²) < 4.78 is 12.8. The average Bonchev–Trinajstić information content (AvgIpc) is 2.46. The maximum Gasteiger partial charge on any atom is 0.123 e. The smallest absolute Gasteiger partial charge is 0.123 e. The van der Waals surface area contributed by atoms with Crippen LogP contribution in [0.25, 0.3) is 0 Å². The van der Waals surface area contributed by atoms with Crippen molar-refractivity contribution in [2.45, 2.75) is 33.2 Å². The lowest BCUT2D eigenvalue weighted by Gasteiger charge is -2.12. The van der Waals surface area contributed by atoms with Crippen molar-refractivity contribution >= 4 is 5.69 Å². The molecule has 0 radical (unpaired) electrons. The summed E-state index contributed by atoms with van der Waals surface area (Å²) in [7, 11) is 0. The molecule has 0 aromatic heterocycles. The standard InChI is InChI=1S/C17H20FN/c1-3-13-7-10-17(15(4-2)11-13)19-12-14-5-8-16(18)9-6-14/h5-11,19H,3-4,12H2,1-2H3. The Balaban J connectivity index is 2.08. The van der Waals surface area contributed by atoms with E-state index in [1.54, 1.807) is 0 Å². The van der Waals surface area contributed by atoms with Crippen molar-refractivity contribution in [1.82, 2.24) is 0 Å². The van der Waals surface area contributed by atoms with Crippen LogP contribution in [0.2, 0.25) is 0 Å². The molecule has 0 aliphatic heterocycles. The van der Waals surface area contributed by atoms with Crippen LogP contribution in [0.15, 0.2) is 42.5 Å². The van der Waals surface area contributed by atoms with Crippen molar-refractivity contribution in [2.24, 2.45) is 0 Å². The second kappa shape index (κ2) is 6.37. The van der Waals surface area contributed by atoms with E-state index in [9.17, 15) is 4.39 Å². The van der Waals surface area contributed by atoms with Gasteiger partial charge in [-0.15, -0.1) is 0 Å². The van der Waals surface area contributed by atoms with Gasteiger partial charge in [0.1, 0.15) is 5.82 Å². The fourth-order valence-corrected chi connectivity index (χ4v) is 2.13. The molecule has 0 saturated heterocycles. The molecule has 0 atom stereocenters. The number of hydrogen-bond donors (Lipinski definition) is 1. The predicted octanol–water partition coefficient (Wildman–Crippen LogP) is 4.56. The first-order chi connectivity index (χ1) is 9.22. The van der Waals surface area contributed by atoms with E-state index < -0.39 is 0 Å². The Morgan fingerprint density at radius 3 is 2.21 bits per heavy atom. The lowest BCUT2D eigenvalue weighted by molar-refractivity contribution is 0.627. The van der Waals surface area contributed by atoms with Gasteiger partial charge in [-0.3, -0.25) is 0 Å². The lowest BCUT2D eigenvalue weighted by atomic mass is 10.0. The van der Waals surface area contributed by atoms with Crippen molar-refractivity contribution in [3.8, 4) is 0 Å². The van der Waals surface area contributed by atoms with Crippen LogP contribution in [0.4, 0.5) is 10.1 Å². The zero-order chi connectivity index (χ0) is 13.7. The van der Waals surface area contributed by atoms with E-state index in [-0.39, 0.29) is 5.82 Å². The Bertz CT molecular complexity index is 531. The zero-order valence-electron chi connectivity index (χ0n) is 11.5. The summed E-state index contributed by atoms with van der Waals surface area (Å²) in [6.45, 7) is 5.05. The third kappa shape index (κ3) is 3.57. The van der Waals surface area contributed by atoms with Crippen molar-refractivity contribution in [3.05, 3.63) is 65.0 Å². The third-order valence-corrected chi connectivity index (χ3v) is 3.36. The molecule has 0 aliphatic rings. The van der Waals surface area contributed by atoms with Crippen LogP contribution in [0.5, 0.6) is 0 Å². The van der Waals surface area contributed by atoms with Crippen LogP contribution in [-0.4, -0.2) is 0 Å². The van der Waals surface area contributed by atoms with Gasteiger partial charge in [0.25, 0.3) is 0 Å². The quantitative estimate of drug-likeness (QED) is 0.827. The van der Waals surface area contributed by atoms with Crippen molar-refractivity contribution in [2.75, 3.05) is 5.32 Å². The molecule has 1 N–H and O–H groups in total. The van der Waals surface area contributed by atoms with Crippen LogP contribution in [0.3, 0.4) is 0 Å². The number of nitrogens with one attached hydrogen (secondary N) is 1. The summed E-state index contributed by atoms with van der Waals surface area (Å²) in [5.41, 5.74) is 4.96. The fourth-order valence-electron chi connectivity index (χ4n) is 2.13. The maximum atomic E-state index is 12.8. The molecule has 19 heavy (non-hydrogen) atoms. The number of halogens is 1. The number of rotatable bonds is 5. The van der Waals surface area contributed by atoms with E-state index in [0.29, 0.717) is 0 Å². The molecule has 1 nitrogen and oxygen atoms in total. The van der Waals surface area contributed by atoms with Crippen LogP contribution >= 0.6 is 0 Å². The Kier molecular flexibility index (Phi) is 4.56. The molecule has 2 aromatic rings. The van der Waals surface area contributed by atoms with E-state index in [4.69, 9.17) is 0 Å². The fraction of sp³-hybridized carbons (Fsp3) is 0.294. The minimum Gasteiger partial charge on any atom is -0.381 e. The summed E-state index contributed by atoms with van der Waals surface area (Å²) in [6.07, 6.45) is 2.07. The van der Waals surface area contributed by atoms with Crippen molar-refractivity contribution in [1.29, 1.82) is 0 Å². The molecule has 0 aliphatic carbocycles. The predicted molar refractivity (Wildman–Crippen MR) is 78.9 cm³/mol. The second-order valence-corrected chi connectivity index (χ2v) is 4.68. The molecule has 0 bridgehead atoms. The Labute approximate surface area is 114 Å². The van der Waals surface area contributed by atoms with E-state index >= 15 is 0 Å². The SMILES string of the molecule is CCc1ccc(NCc2ccc(F)cc2)c(CC)c1. The zero-order valence-corrected chi connectivity index (χ0v) is 11.5. The van der Waals surface area contributed by atoms with Gasteiger partial charge in [-0.2, -0.15) is 0 Å². The normalized spacial score (nSPS) is 10.5. The average molecular weight is 257 g/mol. The third-order valence-electron chi connectivity index (χ3n) is 3.36. The minimum absolute atomic E-state index is 0.190. The van der Waals surface area contributed by atoms with Crippen LogP contribution in [0.1, 0.15) is 30.5 Å². The molecule has 0 saturated carbocycles. The van der Waals surface area contributed by atoms with Gasteiger partial charge in [-0.05, 0) is 47.7 Å². The van der Waals surface area contributed by atoms with Gasteiger partial charge in [-0.1, -0.05) is 38.1 Å². The molecule has 0 fully saturated rings. The van der Waals surface area contributed by atoms with E-state index in [1.165, 1.54) is 28.9 Å². The highest BCUT2D eigenvalue weighted by Crippen LogP contribution is 2.19. The van der Waals surface area contributed by atoms with Crippen LogP contribution in [0, 0.1) is 5.82 Å². The number of benzene rings is 2. The molecule has 0 amide bonds. The van der Waals surface area contributed by atoms with Crippen molar-refractivity contribution in [3.63, 3.8) is 0 Å². The molecular formula is C17H20FN. The topological polar surface area (TPSA) is 12.0 Å². The molecular weight excluding hydrogens is 237 g/mol. The minimum atomic E-state index is -0.190. The first-order valence-corrected chi connectivity index (χ1v) is 6.83. The molecule has 2 aromatic carbocycles. The number of aryl methyl sites for hydroxylation is 2. The highest BCUT2D eigenvalue weighted by atomic mass is 19.1. The molecule has 0 heterocycles. The van der Waals surface area contributed by atoms with Gasteiger partial charge in [0.2, 0.25) is 0 Å². The molecule has 2 rings (SSSR count). The van der Waals surface area contributed by atoms with Gasteiger partial charge in [0.05, 0.1) is 0 Å².